The van der Waals surface area contributed by atoms with Gasteiger partial charge in [-0.15, -0.1) is 0 Å². The Bertz CT molecular complexity index is 1170. The molecule has 7 nitrogen and oxygen atoms in total. The second-order valence-corrected chi connectivity index (χ2v) is 10.0. The Labute approximate surface area is 215 Å². The third kappa shape index (κ3) is 6.05. The molecule has 2 aromatic rings. The number of amides is 3. The summed E-state index contributed by atoms with van der Waals surface area (Å²) in [5.41, 5.74) is 1.41. The third-order valence-corrected chi connectivity index (χ3v) is 7.22. The van der Waals surface area contributed by atoms with E-state index in [1.807, 2.05) is 0 Å². The molecule has 0 spiro atoms. The van der Waals surface area contributed by atoms with E-state index in [2.05, 4.69) is 15.9 Å². The van der Waals surface area contributed by atoms with Gasteiger partial charge in [-0.05, 0) is 88.4 Å². The highest BCUT2D eigenvalue weighted by Gasteiger charge is 2.37. The van der Waals surface area contributed by atoms with E-state index in [0.717, 1.165) is 41.5 Å². The molecule has 2 heterocycles. The van der Waals surface area contributed by atoms with E-state index in [0.29, 0.717) is 34.6 Å². The van der Waals surface area contributed by atoms with Gasteiger partial charge in [-0.1, -0.05) is 12.1 Å². The Kier molecular flexibility index (Phi) is 8.12. The number of halogens is 2. The minimum absolute atomic E-state index is 0.207. The molecule has 4 rings (SSSR count). The summed E-state index contributed by atoms with van der Waals surface area (Å²) in [5, 5.41) is -0.461. The van der Waals surface area contributed by atoms with E-state index in [1.165, 1.54) is 19.2 Å². The average Bonchev–Trinajstić information content (AvgIpc) is 3.11. The van der Waals surface area contributed by atoms with Gasteiger partial charge in [0.2, 0.25) is 5.91 Å². The highest BCUT2D eigenvalue weighted by Crippen LogP contribution is 2.39. The zero-order valence-corrected chi connectivity index (χ0v) is 21.5. The number of methoxy groups -OCH3 is 1. The maximum Gasteiger partial charge on any atom is 0.294 e. The number of carbonyl (C=O) groups excluding carboxylic acids is 3. The number of thioether (sulfide) groups is 1. The van der Waals surface area contributed by atoms with Gasteiger partial charge in [-0.25, -0.2) is 4.39 Å². The number of piperidine rings is 1. The fraction of sp³-hybridized carbons (Fsp3) is 0.320. The number of likely N-dealkylation sites (tertiary alicyclic amines) is 1. The molecule has 0 bridgehead atoms. The Morgan fingerprint density at radius 3 is 2.54 bits per heavy atom. The predicted octanol–water partition coefficient (Wildman–Crippen LogP) is 5.22. The van der Waals surface area contributed by atoms with Crippen LogP contribution >= 0.6 is 27.7 Å². The fourth-order valence-corrected chi connectivity index (χ4v) is 5.28. The molecule has 35 heavy (non-hydrogen) atoms. The van der Waals surface area contributed by atoms with Crippen molar-refractivity contribution in [3.63, 3.8) is 0 Å². The third-order valence-electron chi connectivity index (χ3n) is 5.72. The van der Waals surface area contributed by atoms with Crippen molar-refractivity contribution in [2.45, 2.75) is 25.9 Å². The Morgan fingerprint density at radius 2 is 1.86 bits per heavy atom. The van der Waals surface area contributed by atoms with Crippen LogP contribution in [0.3, 0.4) is 0 Å². The summed E-state index contributed by atoms with van der Waals surface area (Å²) in [6.07, 6.45) is 4.55. The van der Waals surface area contributed by atoms with Crippen LogP contribution in [-0.2, 0) is 16.2 Å². The topological polar surface area (TPSA) is 76.2 Å². The molecule has 2 aliphatic heterocycles. The Balaban J connectivity index is 1.47. The van der Waals surface area contributed by atoms with Crippen molar-refractivity contribution in [2.24, 2.45) is 0 Å². The summed E-state index contributed by atoms with van der Waals surface area (Å²) in [6.45, 7) is 1.28. The van der Waals surface area contributed by atoms with Gasteiger partial charge in [-0.2, -0.15) is 0 Å². The molecule has 0 aliphatic carbocycles. The number of imide groups is 1. The molecule has 0 radical (unpaired) electrons. The molecule has 3 amide bonds. The van der Waals surface area contributed by atoms with Crippen molar-refractivity contribution in [2.75, 3.05) is 26.7 Å². The second-order valence-electron chi connectivity index (χ2n) is 8.16. The van der Waals surface area contributed by atoms with Crippen LogP contribution in [0.15, 0.2) is 45.8 Å². The van der Waals surface area contributed by atoms with Crippen molar-refractivity contribution in [1.82, 2.24) is 9.80 Å². The lowest BCUT2D eigenvalue weighted by Gasteiger charge is -2.27. The number of rotatable bonds is 7. The van der Waals surface area contributed by atoms with E-state index in [-0.39, 0.29) is 29.8 Å². The summed E-state index contributed by atoms with van der Waals surface area (Å²) in [5.74, 6) is -0.143. The largest absolute Gasteiger partial charge is 0.493 e. The highest BCUT2D eigenvalue weighted by molar-refractivity contribution is 9.10. The van der Waals surface area contributed by atoms with Crippen LogP contribution in [0.25, 0.3) is 6.08 Å². The first kappa shape index (κ1) is 25.2. The van der Waals surface area contributed by atoms with Gasteiger partial charge >= 0.3 is 0 Å². The predicted molar refractivity (Wildman–Crippen MR) is 135 cm³/mol. The first-order valence-corrected chi connectivity index (χ1v) is 12.7. The number of hydrogen-bond acceptors (Lipinski definition) is 6. The molecule has 2 aromatic carbocycles. The highest BCUT2D eigenvalue weighted by atomic mass is 79.9. The molecule has 0 unspecified atom stereocenters. The summed E-state index contributed by atoms with van der Waals surface area (Å²) in [4.78, 5) is 40.8. The maximum absolute atomic E-state index is 13.1. The van der Waals surface area contributed by atoms with Crippen LogP contribution in [0.2, 0.25) is 0 Å². The molecule has 0 N–H and O–H groups in total. The van der Waals surface area contributed by atoms with Gasteiger partial charge in [0, 0.05) is 13.1 Å². The lowest BCUT2D eigenvalue weighted by Crippen LogP contribution is -2.44. The zero-order valence-electron chi connectivity index (χ0n) is 19.1. The smallest absolute Gasteiger partial charge is 0.294 e. The van der Waals surface area contributed by atoms with Gasteiger partial charge in [0.15, 0.2) is 11.5 Å². The molecule has 184 valence electrons. The standard InChI is InChI=1S/C25H24BrFN2O5S/c1-33-20-12-17(11-19(26)23(20)34-15-16-5-7-18(27)8-6-16)13-21-24(31)29(25(32)35-21)14-22(30)28-9-3-2-4-10-28/h5-8,11-13H,2-4,9-10,14-15H2,1H3/b21-13-. The first-order chi connectivity index (χ1) is 16.9. The van der Waals surface area contributed by atoms with Crippen molar-refractivity contribution in [1.29, 1.82) is 0 Å². The summed E-state index contributed by atoms with van der Waals surface area (Å²) < 4.78 is 25.1. The molecule has 0 atom stereocenters. The molecule has 0 aromatic heterocycles. The minimum atomic E-state index is -0.489. The number of carbonyl (C=O) groups is 3. The molecular weight excluding hydrogens is 539 g/mol. The number of hydrogen-bond donors (Lipinski definition) is 0. The summed E-state index contributed by atoms with van der Waals surface area (Å²) in [6, 6.07) is 9.43. The average molecular weight is 563 g/mol. The zero-order chi connectivity index (χ0) is 24.9. The quantitative estimate of drug-likeness (QED) is 0.430. The summed E-state index contributed by atoms with van der Waals surface area (Å²) in [7, 11) is 1.50. The van der Waals surface area contributed by atoms with Crippen molar-refractivity contribution >= 4 is 50.8 Å². The number of ether oxygens (including phenoxy) is 2. The van der Waals surface area contributed by atoms with E-state index in [4.69, 9.17) is 9.47 Å². The van der Waals surface area contributed by atoms with Crippen molar-refractivity contribution in [3.8, 4) is 11.5 Å². The molecular formula is C25H24BrFN2O5S. The minimum Gasteiger partial charge on any atom is -0.493 e. The van der Waals surface area contributed by atoms with Gasteiger partial charge in [0.1, 0.15) is 19.0 Å². The Morgan fingerprint density at radius 1 is 1.14 bits per heavy atom. The molecule has 2 aliphatic rings. The lowest BCUT2D eigenvalue weighted by molar-refractivity contribution is -0.136. The van der Waals surface area contributed by atoms with Gasteiger partial charge < -0.3 is 14.4 Å². The van der Waals surface area contributed by atoms with Gasteiger partial charge in [-0.3, -0.25) is 19.3 Å². The van der Waals surface area contributed by atoms with Crippen LogP contribution in [0.5, 0.6) is 11.5 Å². The second kappa shape index (κ2) is 11.3. The van der Waals surface area contributed by atoms with Crippen molar-refractivity contribution < 1.29 is 28.2 Å². The van der Waals surface area contributed by atoms with E-state index in [9.17, 15) is 18.8 Å². The number of nitrogens with zero attached hydrogens (tertiary/aromatic N) is 2. The lowest BCUT2D eigenvalue weighted by atomic mass is 10.1. The van der Waals surface area contributed by atoms with E-state index < -0.39 is 11.1 Å². The normalized spacial score (nSPS) is 17.3. The van der Waals surface area contributed by atoms with Crippen LogP contribution < -0.4 is 9.47 Å². The molecule has 2 fully saturated rings. The monoisotopic (exact) mass is 562 g/mol. The maximum atomic E-state index is 13.1. The van der Waals surface area contributed by atoms with Crippen LogP contribution in [-0.4, -0.2) is 53.6 Å². The molecule has 0 saturated carbocycles. The van der Waals surface area contributed by atoms with Crippen LogP contribution in [0.1, 0.15) is 30.4 Å². The Hall–Kier alpha value is -2.85. The first-order valence-electron chi connectivity index (χ1n) is 11.1. The van der Waals surface area contributed by atoms with Gasteiger partial charge in [0.25, 0.3) is 11.1 Å². The SMILES string of the molecule is COc1cc(/C=C2\SC(=O)N(CC(=O)N3CCCCC3)C2=O)cc(Br)c1OCc1ccc(F)cc1. The van der Waals surface area contributed by atoms with Crippen LogP contribution in [0.4, 0.5) is 9.18 Å². The molecule has 2 saturated heterocycles. The number of benzene rings is 2. The summed E-state index contributed by atoms with van der Waals surface area (Å²) >= 11 is 4.28. The van der Waals surface area contributed by atoms with E-state index in [1.54, 1.807) is 35.2 Å². The van der Waals surface area contributed by atoms with E-state index >= 15 is 0 Å². The van der Waals surface area contributed by atoms with Gasteiger partial charge in [0.05, 0.1) is 16.5 Å². The molecule has 10 heteroatoms. The van der Waals surface area contributed by atoms with Crippen LogP contribution in [0, 0.1) is 5.82 Å². The fourth-order valence-electron chi connectivity index (χ4n) is 3.87. The van der Waals surface area contributed by atoms with Crippen molar-refractivity contribution in [3.05, 3.63) is 62.7 Å².